The van der Waals surface area contributed by atoms with Gasteiger partial charge in [-0.1, -0.05) is 19.1 Å². The zero-order valence-electron chi connectivity index (χ0n) is 13.6. The predicted molar refractivity (Wildman–Crippen MR) is 82.3 cm³/mol. The highest BCUT2D eigenvalue weighted by atomic mass is 16.6. The van der Waals surface area contributed by atoms with Gasteiger partial charge in [-0.3, -0.25) is 0 Å². The molecular formula is C17H26O4. The largest absolute Gasteiger partial charge is 0.508 e. The summed E-state index contributed by atoms with van der Waals surface area (Å²) in [5.74, 6) is -0.190. The van der Waals surface area contributed by atoms with E-state index in [9.17, 15) is 9.90 Å². The highest BCUT2D eigenvalue weighted by Crippen LogP contribution is 2.18. The summed E-state index contributed by atoms with van der Waals surface area (Å²) in [6.07, 6.45) is 0.508. The first-order chi connectivity index (χ1) is 9.71. The average molecular weight is 294 g/mol. The van der Waals surface area contributed by atoms with Crippen LogP contribution in [0.15, 0.2) is 24.3 Å². The highest BCUT2D eigenvalue weighted by molar-refractivity contribution is 5.75. The molecule has 0 saturated carbocycles. The van der Waals surface area contributed by atoms with Crippen LogP contribution in [-0.2, 0) is 20.7 Å². The number of hydrogen-bond acceptors (Lipinski definition) is 4. The molecule has 0 amide bonds. The van der Waals surface area contributed by atoms with Crippen LogP contribution in [-0.4, -0.2) is 28.9 Å². The van der Waals surface area contributed by atoms with E-state index in [1.54, 1.807) is 18.2 Å². The van der Waals surface area contributed by atoms with Gasteiger partial charge in [0.15, 0.2) is 6.10 Å². The van der Waals surface area contributed by atoms with Gasteiger partial charge < -0.3 is 14.6 Å². The summed E-state index contributed by atoms with van der Waals surface area (Å²) < 4.78 is 11.2. The molecule has 2 unspecified atom stereocenters. The van der Waals surface area contributed by atoms with Crippen molar-refractivity contribution in [2.24, 2.45) is 0 Å². The van der Waals surface area contributed by atoms with Crippen molar-refractivity contribution in [1.82, 2.24) is 0 Å². The van der Waals surface area contributed by atoms with Gasteiger partial charge in [-0.25, -0.2) is 4.79 Å². The highest BCUT2D eigenvalue weighted by Gasteiger charge is 2.27. The lowest BCUT2D eigenvalue weighted by molar-refractivity contribution is -0.171. The monoisotopic (exact) mass is 294 g/mol. The van der Waals surface area contributed by atoms with Crippen LogP contribution in [0.3, 0.4) is 0 Å². The average Bonchev–Trinajstić information content (AvgIpc) is 2.35. The van der Waals surface area contributed by atoms with Crippen LogP contribution in [0, 0.1) is 0 Å². The number of phenols is 1. The molecule has 1 aromatic rings. The number of phenolic OH excluding ortho intramolecular Hbond substituents is 1. The molecule has 118 valence electrons. The molecule has 1 rings (SSSR count). The van der Waals surface area contributed by atoms with Crippen molar-refractivity contribution in [3.8, 4) is 5.75 Å². The maximum Gasteiger partial charge on any atom is 0.336 e. The second-order valence-corrected chi connectivity index (χ2v) is 6.25. The molecule has 0 heterocycles. The Kier molecular flexibility index (Phi) is 6.21. The molecule has 0 aliphatic heterocycles. The third-order valence-corrected chi connectivity index (χ3v) is 2.97. The molecule has 4 heteroatoms. The zero-order valence-corrected chi connectivity index (χ0v) is 13.6. The maximum absolute atomic E-state index is 12.3. The van der Waals surface area contributed by atoms with E-state index in [0.29, 0.717) is 6.42 Å². The molecule has 2 atom stereocenters. The normalized spacial score (nSPS) is 14.5. The van der Waals surface area contributed by atoms with Gasteiger partial charge in [0.05, 0.1) is 6.10 Å². The second kappa shape index (κ2) is 7.46. The molecule has 0 radical (unpaired) electrons. The smallest absolute Gasteiger partial charge is 0.336 e. The number of ether oxygens (including phenoxy) is 2. The third kappa shape index (κ3) is 6.63. The van der Waals surface area contributed by atoms with Gasteiger partial charge in [0.25, 0.3) is 0 Å². The minimum atomic E-state index is -0.666. The standard InChI is InChI=1S/C17H26O4/c1-6-12(2)20-15(16(19)21-17(3,4)5)11-13-8-7-9-14(18)10-13/h7-10,12,15,18H,6,11H2,1-5H3. The summed E-state index contributed by atoms with van der Waals surface area (Å²) in [5, 5.41) is 9.52. The molecule has 0 aliphatic rings. The number of aromatic hydroxyl groups is 1. The molecule has 21 heavy (non-hydrogen) atoms. The van der Waals surface area contributed by atoms with Gasteiger partial charge in [-0.05, 0) is 51.8 Å². The molecule has 0 bridgehead atoms. The Morgan fingerprint density at radius 2 is 2.00 bits per heavy atom. The second-order valence-electron chi connectivity index (χ2n) is 6.25. The van der Waals surface area contributed by atoms with Crippen LogP contribution >= 0.6 is 0 Å². The fourth-order valence-corrected chi connectivity index (χ4v) is 1.83. The van der Waals surface area contributed by atoms with Gasteiger partial charge in [0.2, 0.25) is 0 Å². The van der Waals surface area contributed by atoms with Crippen molar-refractivity contribution in [2.75, 3.05) is 0 Å². The van der Waals surface area contributed by atoms with E-state index >= 15 is 0 Å². The fraction of sp³-hybridized carbons (Fsp3) is 0.588. The Balaban J connectivity index is 2.84. The van der Waals surface area contributed by atoms with Crippen LogP contribution in [0.4, 0.5) is 0 Å². The van der Waals surface area contributed by atoms with Crippen molar-refractivity contribution >= 4 is 5.97 Å². The van der Waals surface area contributed by atoms with Crippen LogP contribution in [0.25, 0.3) is 0 Å². The van der Waals surface area contributed by atoms with Gasteiger partial charge in [-0.2, -0.15) is 0 Å². The minimum absolute atomic E-state index is 0.0279. The van der Waals surface area contributed by atoms with E-state index < -0.39 is 11.7 Å². The van der Waals surface area contributed by atoms with Crippen LogP contribution in [0.5, 0.6) is 5.75 Å². The van der Waals surface area contributed by atoms with Crippen LogP contribution in [0.1, 0.15) is 46.6 Å². The lowest BCUT2D eigenvalue weighted by Gasteiger charge is -2.26. The van der Waals surface area contributed by atoms with E-state index in [2.05, 4.69) is 0 Å². The topological polar surface area (TPSA) is 55.8 Å². The first-order valence-electron chi connectivity index (χ1n) is 7.37. The number of benzene rings is 1. The number of carbonyl (C=O) groups is 1. The van der Waals surface area contributed by atoms with Crippen molar-refractivity contribution < 1.29 is 19.4 Å². The quantitative estimate of drug-likeness (QED) is 0.816. The van der Waals surface area contributed by atoms with Gasteiger partial charge in [0.1, 0.15) is 11.4 Å². The van der Waals surface area contributed by atoms with Crippen molar-refractivity contribution in [3.63, 3.8) is 0 Å². The molecular weight excluding hydrogens is 268 g/mol. The minimum Gasteiger partial charge on any atom is -0.508 e. The molecule has 0 spiro atoms. The van der Waals surface area contributed by atoms with Crippen LogP contribution in [0.2, 0.25) is 0 Å². The fourth-order valence-electron chi connectivity index (χ4n) is 1.83. The Labute approximate surface area is 127 Å². The Morgan fingerprint density at radius 1 is 1.33 bits per heavy atom. The first kappa shape index (κ1) is 17.5. The van der Waals surface area contributed by atoms with E-state index in [4.69, 9.17) is 9.47 Å². The SMILES string of the molecule is CCC(C)OC(Cc1cccc(O)c1)C(=O)OC(C)(C)C. The molecule has 1 N–H and O–H groups in total. The number of esters is 1. The van der Waals surface area contributed by atoms with Crippen molar-refractivity contribution in [1.29, 1.82) is 0 Å². The van der Waals surface area contributed by atoms with Gasteiger partial charge in [-0.15, -0.1) is 0 Å². The summed E-state index contributed by atoms with van der Waals surface area (Å²) in [6, 6.07) is 6.84. The summed E-state index contributed by atoms with van der Waals surface area (Å²) in [4.78, 5) is 12.3. The van der Waals surface area contributed by atoms with E-state index in [0.717, 1.165) is 12.0 Å². The zero-order chi connectivity index (χ0) is 16.0. The van der Waals surface area contributed by atoms with Gasteiger partial charge in [0, 0.05) is 6.42 Å². The molecule has 0 saturated heterocycles. The molecule has 4 nitrogen and oxygen atoms in total. The first-order valence-corrected chi connectivity index (χ1v) is 7.37. The molecule has 0 aliphatic carbocycles. The maximum atomic E-state index is 12.3. The Bertz CT molecular complexity index is 462. The van der Waals surface area contributed by atoms with E-state index in [1.165, 1.54) is 0 Å². The van der Waals surface area contributed by atoms with Crippen molar-refractivity contribution in [3.05, 3.63) is 29.8 Å². The summed E-state index contributed by atoms with van der Waals surface area (Å²) in [7, 11) is 0. The summed E-state index contributed by atoms with van der Waals surface area (Å²) >= 11 is 0. The number of carbonyl (C=O) groups excluding carboxylic acids is 1. The lowest BCUT2D eigenvalue weighted by atomic mass is 10.1. The number of hydrogen-bond donors (Lipinski definition) is 1. The van der Waals surface area contributed by atoms with E-state index in [-0.39, 0.29) is 17.8 Å². The molecule has 0 fully saturated rings. The third-order valence-electron chi connectivity index (χ3n) is 2.97. The van der Waals surface area contributed by atoms with Crippen molar-refractivity contribution in [2.45, 2.75) is 65.3 Å². The molecule has 0 aromatic heterocycles. The van der Waals surface area contributed by atoms with Crippen LogP contribution < -0.4 is 0 Å². The Hall–Kier alpha value is -1.55. The molecule has 1 aromatic carbocycles. The van der Waals surface area contributed by atoms with Gasteiger partial charge >= 0.3 is 5.97 Å². The Morgan fingerprint density at radius 3 is 2.52 bits per heavy atom. The number of rotatable bonds is 6. The predicted octanol–water partition coefficient (Wildman–Crippen LogP) is 3.46. The lowest BCUT2D eigenvalue weighted by Crippen LogP contribution is -2.36. The van der Waals surface area contributed by atoms with E-state index in [1.807, 2.05) is 40.7 Å². The summed E-state index contributed by atoms with van der Waals surface area (Å²) in [5.41, 5.74) is 0.293. The summed E-state index contributed by atoms with van der Waals surface area (Å²) in [6.45, 7) is 9.43.